The highest BCUT2D eigenvalue weighted by molar-refractivity contribution is 6.34. The molecule has 0 aliphatic heterocycles. The van der Waals surface area contributed by atoms with Crippen molar-refractivity contribution < 1.29 is 14.6 Å². The van der Waals surface area contributed by atoms with E-state index in [9.17, 15) is 14.7 Å². The quantitative estimate of drug-likeness (QED) is 0.310. The molecule has 0 spiro atoms. The molecule has 1 N–H and O–H groups in total. The van der Waals surface area contributed by atoms with Crippen LogP contribution in [0.2, 0.25) is 5.02 Å². The summed E-state index contributed by atoms with van der Waals surface area (Å²) in [7, 11) is 0. The number of rotatable bonds is 9. The van der Waals surface area contributed by atoms with Crippen molar-refractivity contribution in [3.05, 3.63) is 104 Å². The Morgan fingerprint density at radius 1 is 1.11 bits per heavy atom. The van der Waals surface area contributed by atoms with Crippen molar-refractivity contribution in [3.63, 3.8) is 0 Å². The molecule has 1 heterocycles. The topological polar surface area (TPSA) is 81.4 Å². The number of carboxylic acids is 1. The first-order chi connectivity index (χ1) is 16.9. The number of aromatic nitrogens is 2. The van der Waals surface area contributed by atoms with E-state index in [0.717, 1.165) is 41.7 Å². The predicted molar refractivity (Wildman–Crippen MR) is 138 cm³/mol. The molecule has 0 amide bonds. The number of fused-ring (bicyclic) bond motifs is 1. The third-order valence-corrected chi connectivity index (χ3v) is 6.36. The second-order valence-electron chi connectivity index (χ2n) is 8.56. The Kier molecular flexibility index (Phi) is 7.51. The lowest BCUT2D eigenvalue weighted by Crippen LogP contribution is -2.26. The Morgan fingerprint density at radius 3 is 2.60 bits per heavy atom. The summed E-state index contributed by atoms with van der Waals surface area (Å²) >= 11 is 6.20. The standard InChI is InChI=1S/C28H27ClN2O4/c1-3-4-8-25-30-24-14-9-18(2)15-23(24)27(32)31(25)16-19-10-12-21(13-11-19)35-17-20-6-5-7-22(26(20)29)28(33)34/h5-7,9-15H,3-4,8,16-17H2,1-2H3,(H,33,34). The van der Waals surface area contributed by atoms with Gasteiger partial charge in [-0.1, -0.05) is 60.8 Å². The zero-order valence-electron chi connectivity index (χ0n) is 19.8. The van der Waals surface area contributed by atoms with Gasteiger partial charge in [0, 0.05) is 12.0 Å². The molecule has 4 aromatic rings. The van der Waals surface area contributed by atoms with Crippen LogP contribution >= 0.6 is 11.6 Å². The number of nitrogens with zero attached hydrogens (tertiary/aromatic N) is 2. The van der Waals surface area contributed by atoms with E-state index in [-0.39, 0.29) is 22.8 Å². The summed E-state index contributed by atoms with van der Waals surface area (Å²) in [6.45, 7) is 4.66. The molecule has 0 fully saturated rings. The molecule has 0 radical (unpaired) electrons. The van der Waals surface area contributed by atoms with Crippen LogP contribution in [0, 0.1) is 6.92 Å². The van der Waals surface area contributed by atoms with Gasteiger partial charge < -0.3 is 9.84 Å². The number of carboxylic acid groups (broad SMARTS) is 1. The molecule has 0 atom stereocenters. The summed E-state index contributed by atoms with van der Waals surface area (Å²) in [5.41, 5.74) is 3.33. The maximum absolute atomic E-state index is 13.3. The SMILES string of the molecule is CCCCc1nc2ccc(C)cc2c(=O)n1Cc1ccc(OCc2cccc(C(=O)O)c2Cl)cc1. The van der Waals surface area contributed by atoms with E-state index in [1.54, 1.807) is 16.7 Å². The number of hydrogen-bond donors (Lipinski definition) is 1. The zero-order valence-corrected chi connectivity index (χ0v) is 20.5. The lowest BCUT2D eigenvalue weighted by Gasteiger charge is -2.14. The highest BCUT2D eigenvalue weighted by atomic mass is 35.5. The monoisotopic (exact) mass is 490 g/mol. The van der Waals surface area contributed by atoms with Crippen LogP contribution in [0.1, 0.15) is 52.6 Å². The van der Waals surface area contributed by atoms with Gasteiger partial charge in [-0.25, -0.2) is 9.78 Å². The molecule has 1 aromatic heterocycles. The average molecular weight is 491 g/mol. The Labute approximate surface area is 208 Å². The van der Waals surface area contributed by atoms with Gasteiger partial charge in [-0.05, 0) is 49.2 Å². The van der Waals surface area contributed by atoms with Crippen LogP contribution in [0.15, 0.2) is 65.5 Å². The van der Waals surface area contributed by atoms with Crippen molar-refractivity contribution in [2.75, 3.05) is 0 Å². The van der Waals surface area contributed by atoms with Gasteiger partial charge in [0.05, 0.1) is 28.0 Å². The molecule has 35 heavy (non-hydrogen) atoms. The predicted octanol–water partition coefficient (Wildman–Crippen LogP) is 6.03. The minimum Gasteiger partial charge on any atom is -0.489 e. The van der Waals surface area contributed by atoms with E-state index >= 15 is 0 Å². The van der Waals surface area contributed by atoms with Crippen molar-refractivity contribution in [2.45, 2.75) is 46.3 Å². The Balaban J connectivity index is 1.55. The van der Waals surface area contributed by atoms with Gasteiger partial charge in [0.1, 0.15) is 18.2 Å². The second kappa shape index (κ2) is 10.7. The summed E-state index contributed by atoms with van der Waals surface area (Å²) in [5.74, 6) is 0.339. The van der Waals surface area contributed by atoms with E-state index in [0.29, 0.717) is 23.2 Å². The molecule has 0 unspecified atom stereocenters. The van der Waals surface area contributed by atoms with E-state index in [2.05, 4.69) is 6.92 Å². The van der Waals surface area contributed by atoms with Crippen LogP contribution in [0.25, 0.3) is 10.9 Å². The maximum atomic E-state index is 13.3. The number of unbranched alkanes of at least 4 members (excludes halogenated alkanes) is 1. The van der Waals surface area contributed by atoms with Gasteiger partial charge in [-0.15, -0.1) is 0 Å². The number of hydrogen-bond acceptors (Lipinski definition) is 4. The van der Waals surface area contributed by atoms with Crippen molar-refractivity contribution in [3.8, 4) is 5.75 Å². The number of ether oxygens (including phenoxy) is 1. The second-order valence-corrected chi connectivity index (χ2v) is 8.94. The van der Waals surface area contributed by atoms with Gasteiger partial charge in [-0.2, -0.15) is 0 Å². The summed E-state index contributed by atoms with van der Waals surface area (Å²) in [6.07, 6.45) is 2.72. The van der Waals surface area contributed by atoms with Crippen LogP contribution < -0.4 is 10.3 Å². The molecule has 0 aliphatic rings. The van der Waals surface area contributed by atoms with Crippen LogP contribution in [0.5, 0.6) is 5.75 Å². The molecule has 0 aliphatic carbocycles. The van der Waals surface area contributed by atoms with Gasteiger partial charge in [0.15, 0.2) is 0 Å². The lowest BCUT2D eigenvalue weighted by atomic mass is 10.1. The van der Waals surface area contributed by atoms with Crippen LogP contribution in [-0.4, -0.2) is 20.6 Å². The van der Waals surface area contributed by atoms with Crippen molar-refractivity contribution in [2.24, 2.45) is 0 Å². The third kappa shape index (κ3) is 5.54. The molecular formula is C28H27ClN2O4. The molecule has 7 heteroatoms. The minimum atomic E-state index is -1.08. The summed E-state index contributed by atoms with van der Waals surface area (Å²) in [4.78, 5) is 29.4. The summed E-state index contributed by atoms with van der Waals surface area (Å²) in [5, 5.41) is 10.0. The van der Waals surface area contributed by atoms with E-state index in [1.807, 2.05) is 49.4 Å². The van der Waals surface area contributed by atoms with E-state index < -0.39 is 5.97 Å². The molecule has 4 rings (SSSR count). The smallest absolute Gasteiger partial charge is 0.337 e. The first-order valence-corrected chi connectivity index (χ1v) is 12.0. The molecular weight excluding hydrogens is 464 g/mol. The van der Waals surface area contributed by atoms with Gasteiger partial charge in [0.25, 0.3) is 5.56 Å². The lowest BCUT2D eigenvalue weighted by molar-refractivity contribution is 0.0697. The Morgan fingerprint density at radius 2 is 1.89 bits per heavy atom. The van der Waals surface area contributed by atoms with Crippen molar-refractivity contribution in [1.82, 2.24) is 9.55 Å². The Hall–Kier alpha value is -3.64. The van der Waals surface area contributed by atoms with Crippen LogP contribution in [0.4, 0.5) is 0 Å². The fraction of sp³-hybridized carbons (Fsp3) is 0.250. The number of aryl methyl sites for hydroxylation is 2. The van der Waals surface area contributed by atoms with Gasteiger partial charge in [-0.3, -0.25) is 9.36 Å². The van der Waals surface area contributed by atoms with Crippen LogP contribution in [0.3, 0.4) is 0 Å². The average Bonchev–Trinajstić information content (AvgIpc) is 2.85. The summed E-state index contributed by atoms with van der Waals surface area (Å²) < 4.78 is 7.59. The minimum absolute atomic E-state index is 0.0296. The number of carbonyl (C=O) groups is 1. The molecule has 0 saturated carbocycles. The first kappa shape index (κ1) is 24.5. The largest absolute Gasteiger partial charge is 0.489 e. The summed E-state index contributed by atoms with van der Waals surface area (Å²) in [6, 6.07) is 18.1. The Bertz CT molecular complexity index is 1430. The van der Waals surface area contributed by atoms with Gasteiger partial charge in [0.2, 0.25) is 0 Å². The highest BCUT2D eigenvalue weighted by Gasteiger charge is 2.14. The normalized spacial score (nSPS) is 11.1. The van der Waals surface area contributed by atoms with Crippen molar-refractivity contribution >= 4 is 28.5 Å². The van der Waals surface area contributed by atoms with Crippen molar-refractivity contribution in [1.29, 1.82) is 0 Å². The maximum Gasteiger partial charge on any atom is 0.337 e. The first-order valence-electron chi connectivity index (χ1n) is 11.6. The van der Waals surface area contributed by atoms with E-state index in [4.69, 9.17) is 21.3 Å². The van der Waals surface area contributed by atoms with Crippen LogP contribution in [-0.2, 0) is 19.6 Å². The number of halogens is 1. The van der Waals surface area contributed by atoms with E-state index in [1.165, 1.54) is 6.07 Å². The molecule has 180 valence electrons. The zero-order chi connectivity index (χ0) is 24.9. The molecule has 0 saturated heterocycles. The highest BCUT2D eigenvalue weighted by Crippen LogP contribution is 2.23. The number of benzene rings is 3. The molecule has 3 aromatic carbocycles. The molecule has 6 nitrogen and oxygen atoms in total. The number of aromatic carboxylic acids is 1. The fourth-order valence-electron chi connectivity index (χ4n) is 3.96. The van der Waals surface area contributed by atoms with Gasteiger partial charge >= 0.3 is 5.97 Å². The fourth-order valence-corrected chi connectivity index (χ4v) is 4.22. The molecule has 0 bridgehead atoms. The third-order valence-electron chi connectivity index (χ3n) is 5.91.